The SMILES string of the molecule is CCc1cc2c(SC(C)CC)nc(N)nc2s1. The maximum Gasteiger partial charge on any atom is 0.222 e. The number of nitrogens with zero attached hydrogens (tertiary/aromatic N) is 2. The zero-order chi connectivity index (χ0) is 12.4. The Balaban J connectivity index is 2.48. The highest BCUT2D eigenvalue weighted by molar-refractivity contribution is 8.00. The fourth-order valence-corrected chi connectivity index (χ4v) is 3.51. The molecule has 2 heterocycles. The zero-order valence-corrected chi connectivity index (χ0v) is 12.0. The number of aromatic nitrogens is 2. The van der Waals surface area contributed by atoms with Crippen molar-refractivity contribution in [3.63, 3.8) is 0 Å². The first kappa shape index (κ1) is 12.6. The second-order valence-electron chi connectivity index (χ2n) is 4.01. The van der Waals surface area contributed by atoms with Gasteiger partial charge in [0.2, 0.25) is 5.95 Å². The van der Waals surface area contributed by atoms with Crippen molar-refractivity contribution >= 4 is 39.3 Å². The maximum atomic E-state index is 5.76. The van der Waals surface area contributed by atoms with Crippen LogP contribution in [0.5, 0.6) is 0 Å². The van der Waals surface area contributed by atoms with Gasteiger partial charge in [0.15, 0.2) is 0 Å². The molecule has 92 valence electrons. The Hall–Kier alpha value is -0.810. The van der Waals surface area contributed by atoms with Crippen molar-refractivity contribution in [3.05, 3.63) is 10.9 Å². The van der Waals surface area contributed by atoms with E-state index in [1.807, 2.05) is 0 Å². The van der Waals surface area contributed by atoms with Crippen LogP contribution in [0.3, 0.4) is 0 Å². The van der Waals surface area contributed by atoms with Crippen LogP contribution in [-0.4, -0.2) is 15.2 Å². The molecule has 3 nitrogen and oxygen atoms in total. The van der Waals surface area contributed by atoms with Gasteiger partial charge in [0.25, 0.3) is 0 Å². The molecular weight excluding hydrogens is 250 g/mol. The summed E-state index contributed by atoms with van der Waals surface area (Å²) in [6, 6.07) is 2.20. The largest absolute Gasteiger partial charge is 0.368 e. The van der Waals surface area contributed by atoms with E-state index in [4.69, 9.17) is 5.73 Å². The number of hydrogen-bond donors (Lipinski definition) is 1. The quantitative estimate of drug-likeness (QED) is 0.677. The van der Waals surface area contributed by atoms with Gasteiger partial charge in [-0.2, -0.15) is 0 Å². The summed E-state index contributed by atoms with van der Waals surface area (Å²) in [6.45, 7) is 6.55. The van der Waals surface area contributed by atoms with Crippen molar-refractivity contribution in [3.8, 4) is 0 Å². The molecule has 1 unspecified atom stereocenters. The molecule has 2 aromatic rings. The van der Waals surface area contributed by atoms with Crippen LogP contribution in [-0.2, 0) is 6.42 Å². The van der Waals surface area contributed by atoms with Crippen molar-refractivity contribution in [1.82, 2.24) is 9.97 Å². The van der Waals surface area contributed by atoms with Crippen LogP contribution in [0.1, 0.15) is 32.1 Å². The first-order valence-electron chi connectivity index (χ1n) is 5.86. The van der Waals surface area contributed by atoms with Gasteiger partial charge in [-0.05, 0) is 18.9 Å². The predicted octanol–water partition coefficient (Wildman–Crippen LogP) is 3.73. The minimum Gasteiger partial charge on any atom is -0.368 e. The molecule has 0 radical (unpaired) electrons. The van der Waals surface area contributed by atoms with Crippen LogP contribution in [0.15, 0.2) is 11.1 Å². The Morgan fingerprint density at radius 1 is 1.41 bits per heavy atom. The first-order valence-corrected chi connectivity index (χ1v) is 7.56. The molecule has 0 aromatic carbocycles. The Morgan fingerprint density at radius 3 is 2.82 bits per heavy atom. The molecule has 0 aliphatic heterocycles. The summed E-state index contributed by atoms with van der Waals surface area (Å²) >= 11 is 3.50. The van der Waals surface area contributed by atoms with Crippen LogP contribution in [0, 0.1) is 0 Å². The fraction of sp³-hybridized carbons (Fsp3) is 0.500. The van der Waals surface area contributed by atoms with Gasteiger partial charge in [-0.25, -0.2) is 9.97 Å². The van der Waals surface area contributed by atoms with Gasteiger partial charge in [-0.1, -0.05) is 20.8 Å². The number of thiophene rings is 1. The number of rotatable bonds is 4. The average molecular weight is 267 g/mol. The third-order valence-corrected chi connectivity index (χ3v) is 5.11. The molecule has 0 amide bonds. The monoisotopic (exact) mass is 267 g/mol. The Labute approximate surface area is 110 Å². The van der Waals surface area contributed by atoms with E-state index >= 15 is 0 Å². The molecule has 1 atom stereocenters. The Kier molecular flexibility index (Phi) is 3.89. The lowest BCUT2D eigenvalue weighted by molar-refractivity contribution is 0.902. The second-order valence-corrected chi connectivity index (χ2v) is 6.55. The molecule has 0 aliphatic rings. The molecule has 0 fully saturated rings. The highest BCUT2D eigenvalue weighted by atomic mass is 32.2. The van der Waals surface area contributed by atoms with E-state index in [0.29, 0.717) is 11.2 Å². The lowest BCUT2D eigenvalue weighted by Crippen LogP contribution is -1.99. The van der Waals surface area contributed by atoms with E-state index in [1.165, 1.54) is 4.88 Å². The third kappa shape index (κ3) is 2.72. The normalized spacial score (nSPS) is 13.1. The summed E-state index contributed by atoms with van der Waals surface area (Å²) in [4.78, 5) is 11.0. The molecule has 0 spiro atoms. The summed E-state index contributed by atoms with van der Waals surface area (Å²) in [5.41, 5.74) is 5.76. The van der Waals surface area contributed by atoms with Crippen molar-refractivity contribution in [2.45, 2.75) is 43.9 Å². The molecule has 0 bridgehead atoms. The number of nitrogen functional groups attached to an aromatic ring is 1. The molecule has 0 saturated carbocycles. The number of thioether (sulfide) groups is 1. The lowest BCUT2D eigenvalue weighted by Gasteiger charge is -2.08. The summed E-state index contributed by atoms with van der Waals surface area (Å²) in [5, 5.41) is 2.74. The number of anilines is 1. The van der Waals surface area contributed by atoms with Crippen molar-refractivity contribution in [1.29, 1.82) is 0 Å². The summed E-state index contributed by atoms with van der Waals surface area (Å²) < 4.78 is 0. The molecule has 0 saturated heterocycles. The smallest absolute Gasteiger partial charge is 0.222 e. The van der Waals surface area contributed by atoms with E-state index in [9.17, 15) is 0 Å². The topological polar surface area (TPSA) is 51.8 Å². The minimum absolute atomic E-state index is 0.382. The van der Waals surface area contributed by atoms with Gasteiger partial charge in [0, 0.05) is 15.5 Å². The molecule has 2 rings (SSSR count). The van der Waals surface area contributed by atoms with E-state index in [1.54, 1.807) is 23.1 Å². The van der Waals surface area contributed by atoms with Crippen LogP contribution in [0.25, 0.3) is 10.2 Å². The van der Waals surface area contributed by atoms with Crippen molar-refractivity contribution in [2.24, 2.45) is 0 Å². The van der Waals surface area contributed by atoms with Crippen molar-refractivity contribution in [2.75, 3.05) is 5.73 Å². The van der Waals surface area contributed by atoms with Gasteiger partial charge >= 0.3 is 0 Å². The van der Waals surface area contributed by atoms with E-state index in [-0.39, 0.29) is 0 Å². The van der Waals surface area contributed by atoms with Crippen molar-refractivity contribution < 1.29 is 0 Å². The predicted molar refractivity (Wildman–Crippen MR) is 76.8 cm³/mol. The van der Waals surface area contributed by atoms with E-state index in [0.717, 1.165) is 28.1 Å². The van der Waals surface area contributed by atoms with Crippen LogP contribution in [0.4, 0.5) is 5.95 Å². The minimum atomic E-state index is 0.382. The van der Waals surface area contributed by atoms with Gasteiger partial charge < -0.3 is 5.73 Å². The average Bonchev–Trinajstić information content (AvgIpc) is 2.71. The van der Waals surface area contributed by atoms with Crippen LogP contribution in [0.2, 0.25) is 0 Å². The Morgan fingerprint density at radius 2 is 2.18 bits per heavy atom. The lowest BCUT2D eigenvalue weighted by atomic mass is 10.3. The molecular formula is C12H17N3S2. The van der Waals surface area contributed by atoms with E-state index in [2.05, 4.69) is 36.8 Å². The Bertz CT molecular complexity index is 522. The van der Waals surface area contributed by atoms with Gasteiger partial charge in [-0.3, -0.25) is 0 Å². The summed E-state index contributed by atoms with van der Waals surface area (Å²) in [6.07, 6.45) is 2.16. The first-order chi connectivity index (χ1) is 8.13. The fourth-order valence-electron chi connectivity index (χ4n) is 1.50. The number of aryl methyl sites for hydroxylation is 1. The summed E-state index contributed by atoms with van der Waals surface area (Å²) in [5.74, 6) is 0.382. The van der Waals surface area contributed by atoms with Gasteiger partial charge in [0.1, 0.15) is 9.86 Å². The highest BCUT2D eigenvalue weighted by Crippen LogP contribution is 2.34. The zero-order valence-electron chi connectivity index (χ0n) is 10.4. The highest BCUT2D eigenvalue weighted by Gasteiger charge is 2.12. The van der Waals surface area contributed by atoms with Gasteiger partial charge in [0.05, 0.1) is 0 Å². The summed E-state index contributed by atoms with van der Waals surface area (Å²) in [7, 11) is 0. The maximum absolute atomic E-state index is 5.76. The number of hydrogen-bond acceptors (Lipinski definition) is 5. The molecule has 2 N–H and O–H groups in total. The third-order valence-electron chi connectivity index (χ3n) is 2.66. The van der Waals surface area contributed by atoms with Gasteiger partial charge in [-0.15, -0.1) is 23.1 Å². The van der Waals surface area contributed by atoms with E-state index < -0.39 is 0 Å². The molecule has 17 heavy (non-hydrogen) atoms. The molecule has 2 aromatic heterocycles. The number of nitrogens with two attached hydrogens (primary N) is 1. The van der Waals surface area contributed by atoms with Crippen LogP contribution < -0.4 is 5.73 Å². The number of fused-ring (bicyclic) bond motifs is 1. The molecule has 0 aliphatic carbocycles. The standard InChI is InChI=1S/C12H17N3S2/c1-4-7(3)16-10-9-6-8(5-2)17-11(9)15-12(13)14-10/h6-7H,4-5H2,1-3H3,(H2,13,14,15). The second kappa shape index (κ2) is 5.23. The van der Waals surface area contributed by atoms with Crippen LogP contribution >= 0.6 is 23.1 Å². The molecule has 5 heteroatoms.